The number of anilines is 1. The van der Waals surface area contributed by atoms with Gasteiger partial charge in [0.15, 0.2) is 6.61 Å². The molecular formula is C27H23FN4O4. The van der Waals surface area contributed by atoms with Crippen LogP contribution in [0.15, 0.2) is 84.9 Å². The van der Waals surface area contributed by atoms with E-state index in [-0.39, 0.29) is 5.56 Å². The lowest BCUT2D eigenvalue weighted by atomic mass is 10.1. The molecule has 2 N–H and O–H groups in total. The molecule has 3 aromatic carbocycles. The molecule has 4 rings (SSSR count). The molecule has 4 aromatic rings. The molecule has 2 amide bonds. The van der Waals surface area contributed by atoms with Gasteiger partial charge in [-0.1, -0.05) is 60.2 Å². The van der Waals surface area contributed by atoms with Gasteiger partial charge in [0.25, 0.3) is 11.8 Å². The Kier molecular flexibility index (Phi) is 7.50. The van der Waals surface area contributed by atoms with Gasteiger partial charge >= 0.3 is 5.97 Å². The van der Waals surface area contributed by atoms with E-state index in [1.54, 1.807) is 10.7 Å². The number of benzene rings is 3. The molecule has 1 heterocycles. The minimum Gasteiger partial charge on any atom is -0.454 e. The van der Waals surface area contributed by atoms with E-state index in [2.05, 4.69) is 15.7 Å². The average molecular weight is 487 g/mol. The summed E-state index contributed by atoms with van der Waals surface area (Å²) in [6, 6.07) is 24.2. The highest BCUT2D eigenvalue weighted by Gasteiger charge is 2.16. The molecule has 182 valence electrons. The zero-order valence-electron chi connectivity index (χ0n) is 19.4. The van der Waals surface area contributed by atoms with Crippen LogP contribution in [-0.4, -0.2) is 40.7 Å². The number of halogens is 1. The van der Waals surface area contributed by atoms with Crippen molar-refractivity contribution in [2.24, 2.45) is 0 Å². The van der Waals surface area contributed by atoms with E-state index < -0.39 is 36.8 Å². The summed E-state index contributed by atoms with van der Waals surface area (Å²) >= 11 is 0. The predicted octanol–water partition coefficient (Wildman–Crippen LogP) is 3.90. The first-order valence-electron chi connectivity index (χ1n) is 11.1. The van der Waals surface area contributed by atoms with Gasteiger partial charge in [0.05, 0.1) is 16.9 Å². The van der Waals surface area contributed by atoms with Crippen LogP contribution >= 0.6 is 0 Å². The van der Waals surface area contributed by atoms with Crippen molar-refractivity contribution >= 4 is 23.6 Å². The van der Waals surface area contributed by atoms with Crippen LogP contribution in [0.1, 0.15) is 15.9 Å². The van der Waals surface area contributed by atoms with Crippen LogP contribution in [0.25, 0.3) is 16.9 Å². The van der Waals surface area contributed by atoms with Crippen molar-refractivity contribution in [3.05, 3.63) is 102 Å². The van der Waals surface area contributed by atoms with Gasteiger partial charge in [-0.15, -0.1) is 0 Å². The molecular weight excluding hydrogens is 463 g/mol. The quantitative estimate of drug-likeness (QED) is 0.368. The van der Waals surface area contributed by atoms with E-state index in [4.69, 9.17) is 4.74 Å². The van der Waals surface area contributed by atoms with E-state index in [0.717, 1.165) is 22.9 Å². The number of aromatic nitrogens is 2. The van der Waals surface area contributed by atoms with Crippen molar-refractivity contribution in [3.8, 4) is 16.9 Å². The number of esters is 1. The lowest BCUT2D eigenvalue weighted by Gasteiger charge is -2.10. The number of rotatable bonds is 8. The number of carbonyl (C=O) groups excluding carboxylic acids is 3. The molecule has 0 saturated carbocycles. The third kappa shape index (κ3) is 6.01. The van der Waals surface area contributed by atoms with Gasteiger partial charge in [-0.2, -0.15) is 5.10 Å². The third-order valence-corrected chi connectivity index (χ3v) is 5.20. The summed E-state index contributed by atoms with van der Waals surface area (Å²) in [6.45, 7) is 0.902. The van der Waals surface area contributed by atoms with Gasteiger partial charge < -0.3 is 15.4 Å². The topological polar surface area (TPSA) is 102 Å². The second-order valence-electron chi connectivity index (χ2n) is 7.90. The fourth-order valence-electron chi connectivity index (χ4n) is 3.37. The molecule has 0 radical (unpaired) electrons. The van der Waals surface area contributed by atoms with Gasteiger partial charge in [-0.05, 0) is 31.2 Å². The largest absolute Gasteiger partial charge is 0.454 e. The average Bonchev–Trinajstić information content (AvgIpc) is 3.30. The zero-order valence-corrected chi connectivity index (χ0v) is 19.4. The van der Waals surface area contributed by atoms with E-state index in [1.807, 2.05) is 61.5 Å². The molecule has 1 aromatic heterocycles. The van der Waals surface area contributed by atoms with Crippen LogP contribution in [0.3, 0.4) is 0 Å². The number of amides is 2. The lowest BCUT2D eigenvalue weighted by Crippen LogP contribution is -2.32. The summed E-state index contributed by atoms with van der Waals surface area (Å²) in [5, 5.41) is 9.61. The number of aryl methyl sites for hydroxylation is 1. The molecule has 0 spiro atoms. The van der Waals surface area contributed by atoms with Gasteiger partial charge in [0.2, 0.25) is 0 Å². The highest BCUT2D eigenvalue weighted by Crippen LogP contribution is 2.25. The van der Waals surface area contributed by atoms with Crippen molar-refractivity contribution in [2.75, 3.05) is 18.5 Å². The molecule has 0 saturated heterocycles. The van der Waals surface area contributed by atoms with Crippen LogP contribution < -0.4 is 10.6 Å². The number of ether oxygens (including phenoxy) is 1. The number of para-hydroxylation sites is 1. The number of nitrogens with zero attached hydrogens (tertiary/aromatic N) is 2. The number of hydrogen-bond donors (Lipinski definition) is 2. The van der Waals surface area contributed by atoms with Gasteiger partial charge in [-0.3, -0.25) is 14.4 Å². The van der Waals surface area contributed by atoms with Crippen LogP contribution in [0.2, 0.25) is 0 Å². The lowest BCUT2D eigenvalue weighted by molar-refractivity contribution is -0.146. The Morgan fingerprint density at radius 3 is 2.36 bits per heavy atom. The number of nitrogens with one attached hydrogen (secondary N) is 2. The maximum atomic E-state index is 13.7. The van der Waals surface area contributed by atoms with E-state index >= 15 is 0 Å². The van der Waals surface area contributed by atoms with Crippen molar-refractivity contribution in [1.29, 1.82) is 0 Å². The Hall–Kier alpha value is -4.79. The highest BCUT2D eigenvalue weighted by molar-refractivity contribution is 5.96. The summed E-state index contributed by atoms with van der Waals surface area (Å²) < 4.78 is 20.2. The fraction of sp³-hybridized carbons (Fsp3) is 0.111. The number of carbonyl (C=O) groups is 3. The van der Waals surface area contributed by atoms with Crippen LogP contribution in [-0.2, 0) is 14.3 Å². The van der Waals surface area contributed by atoms with Crippen molar-refractivity contribution in [2.45, 2.75) is 6.92 Å². The maximum absolute atomic E-state index is 13.7. The summed E-state index contributed by atoms with van der Waals surface area (Å²) in [5.74, 6) is -2.50. The molecule has 0 fully saturated rings. The fourth-order valence-corrected chi connectivity index (χ4v) is 3.37. The molecule has 0 aliphatic rings. The second-order valence-corrected chi connectivity index (χ2v) is 7.90. The van der Waals surface area contributed by atoms with Gasteiger partial charge in [0, 0.05) is 11.6 Å². The molecule has 0 atom stereocenters. The summed E-state index contributed by atoms with van der Waals surface area (Å²) in [4.78, 5) is 36.5. The molecule has 9 heteroatoms. The number of hydrogen-bond acceptors (Lipinski definition) is 5. The molecule has 0 aliphatic carbocycles. The Bertz CT molecular complexity index is 1380. The van der Waals surface area contributed by atoms with E-state index in [1.165, 1.54) is 18.2 Å². The molecule has 0 aliphatic heterocycles. The van der Waals surface area contributed by atoms with E-state index in [0.29, 0.717) is 11.5 Å². The monoisotopic (exact) mass is 486 g/mol. The SMILES string of the molecule is Cc1ccc(-c2cc(NC(=O)COC(=O)CNC(=O)c3ccccc3F)n(-c3ccccc3)n2)cc1. The molecule has 0 unspecified atom stereocenters. The Morgan fingerprint density at radius 1 is 0.944 bits per heavy atom. The zero-order chi connectivity index (χ0) is 25.5. The highest BCUT2D eigenvalue weighted by atomic mass is 19.1. The smallest absolute Gasteiger partial charge is 0.325 e. The van der Waals surface area contributed by atoms with Gasteiger partial charge in [0.1, 0.15) is 18.2 Å². The van der Waals surface area contributed by atoms with Crippen LogP contribution in [0.4, 0.5) is 10.2 Å². The van der Waals surface area contributed by atoms with Crippen molar-refractivity contribution in [1.82, 2.24) is 15.1 Å². The second kappa shape index (κ2) is 11.1. The minimum absolute atomic E-state index is 0.193. The predicted molar refractivity (Wildman–Crippen MR) is 132 cm³/mol. The van der Waals surface area contributed by atoms with Crippen LogP contribution in [0, 0.1) is 12.7 Å². The first kappa shape index (κ1) is 24.3. The molecule has 8 nitrogen and oxygen atoms in total. The Morgan fingerprint density at radius 2 is 1.64 bits per heavy atom. The Balaban J connectivity index is 1.39. The van der Waals surface area contributed by atoms with Crippen molar-refractivity contribution in [3.63, 3.8) is 0 Å². The van der Waals surface area contributed by atoms with E-state index in [9.17, 15) is 18.8 Å². The first-order valence-corrected chi connectivity index (χ1v) is 11.1. The normalized spacial score (nSPS) is 10.5. The third-order valence-electron chi connectivity index (χ3n) is 5.20. The minimum atomic E-state index is -0.841. The molecule has 36 heavy (non-hydrogen) atoms. The van der Waals surface area contributed by atoms with Crippen molar-refractivity contribution < 1.29 is 23.5 Å². The van der Waals surface area contributed by atoms with Gasteiger partial charge in [-0.25, -0.2) is 9.07 Å². The maximum Gasteiger partial charge on any atom is 0.325 e. The summed E-state index contributed by atoms with van der Waals surface area (Å²) in [5.41, 5.74) is 3.19. The summed E-state index contributed by atoms with van der Waals surface area (Å²) in [6.07, 6.45) is 0. The standard InChI is InChI=1S/C27H23FN4O4/c1-18-11-13-19(14-12-18)23-15-24(32(31-23)20-7-3-2-4-8-20)30-25(33)17-36-26(34)16-29-27(35)21-9-5-6-10-22(21)28/h2-15H,16-17H2,1H3,(H,29,35)(H,30,33). The van der Waals surface area contributed by atoms with Crippen LogP contribution in [0.5, 0.6) is 0 Å². The Labute approximate surface area is 206 Å². The summed E-state index contributed by atoms with van der Waals surface area (Å²) in [7, 11) is 0. The first-order chi connectivity index (χ1) is 17.4. The molecule has 0 bridgehead atoms.